The Balaban J connectivity index is 1.28. The monoisotopic (exact) mass is 350 g/mol. The van der Waals surface area contributed by atoms with Crippen molar-refractivity contribution in [3.05, 3.63) is 0 Å². The minimum atomic E-state index is 0.156. The van der Waals surface area contributed by atoms with Gasteiger partial charge in [0, 0.05) is 12.0 Å². The van der Waals surface area contributed by atoms with Gasteiger partial charge in [-0.25, -0.2) is 0 Å². The number of piperidine rings is 1. The van der Waals surface area contributed by atoms with Crippen molar-refractivity contribution >= 4 is 5.91 Å². The summed E-state index contributed by atoms with van der Waals surface area (Å²) in [4.78, 5) is 18.2. The van der Waals surface area contributed by atoms with Crippen molar-refractivity contribution in [2.45, 2.75) is 76.7 Å². The van der Waals surface area contributed by atoms with Gasteiger partial charge in [0.2, 0.25) is 5.91 Å². The molecule has 6 nitrogen and oxygen atoms in total. The first kappa shape index (κ1) is 17.7. The molecule has 0 aromatic heterocycles. The van der Waals surface area contributed by atoms with Gasteiger partial charge in [0.1, 0.15) is 6.23 Å². The van der Waals surface area contributed by atoms with E-state index in [4.69, 9.17) is 4.84 Å². The van der Waals surface area contributed by atoms with Crippen molar-refractivity contribution in [2.24, 2.45) is 23.7 Å². The molecule has 0 aromatic carbocycles. The van der Waals surface area contributed by atoms with Crippen LogP contribution in [0.25, 0.3) is 0 Å². The van der Waals surface area contributed by atoms with Gasteiger partial charge in [-0.2, -0.15) is 5.48 Å². The van der Waals surface area contributed by atoms with Crippen LogP contribution in [0.5, 0.6) is 0 Å². The molecule has 25 heavy (non-hydrogen) atoms. The third-order valence-corrected chi connectivity index (χ3v) is 7.03. The Morgan fingerprint density at radius 1 is 1.08 bits per heavy atom. The minimum absolute atomic E-state index is 0.156. The number of carbonyl (C=O) groups excluding carboxylic acids is 1. The molecule has 0 radical (unpaired) electrons. The molecule has 142 valence electrons. The van der Waals surface area contributed by atoms with Crippen molar-refractivity contribution < 1.29 is 9.63 Å². The number of fused-ring (bicyclic) bond motifs is 1. The predicted molar refractivity (Wildman–Crippen MR) is 96.3 cm³/mol. The molecule has 2 aliphatic carbocycles. The van der Waals surface area contributed by atoms with Crippen LogP contribution in [-0.2, 0) is 9.63 Å². The number of hydrogen-bond donors (Lipinski definition) is 4. The number of carbonyl (C=O) groups is 1. The maximum Gasteiger partial charge on any atom is 0.223 e. The van der Waals surface area contributed by atoms with Gasteiger partial charge < -0.3 is 10.6 Å². The fraction of sp³-hybridized carbons (Fsp3) is 0.947. The molecule has 2 heterocycles. The standard InChI is InChI=1S/C19H34N4O2/c1-2-17-22-18(23-25-17)14-3-5-15-13(11-14)4-6-16(15)21-19(24)12-7-9-20-10-8-12/h12-18,20,22-23H,2-11H2,1H3,(H,21,24)/t13?,14?,15?,16-,17?,18?/m1/s1. The zero-order valence-electron chi connectivity index (χ0n) is 15.4. The second-order valence-corrected chi connectivity index (χ2v) is 8.49. The van der Waals surface area contributed by atoms with Crippen molar-refractivity contribution in [1.29, 1.82) is 0 Å². The highest BCUT2D eigenvalue weighted by molar-refractivity contribution is 5.79. The fourth-order valence-electron chi connectivity index (χ4n) is 5.52. The van der Waals surface area contributed by atoms with Crippen LogP contribution >= 0.6 is 0 Å². The predicted octanol–water partition coefficient (Wildman–Crippen LogP) is 1.48. The maximum atomic E-state index is 12.6. The van der Waals surface area contributed by atoms with Crippen molar-refractivity contribution in [1.82, 2.24) is 21.4 Å². The molecular formula is C19H34N4O2. The number of nitrogens with one attached hydrogen (secondary N) is 4. The van der Waals surface area contributed by atoms with Crippen LogP contribution in [-0.4, -0.2) is 37.4 Å². The summed E-state index contributed by atoms with van der Waals surface area (Å²) in [5, 5.41) is 10.3. The molecule has 1 amide bonds. The van der Waals surface area contributed by atoms with Crippen molar-refractivity contribution in [3.63, 3.8) is 0 Å². The molecule has 2 saturated heterocycles. The Labute approximate surface area is 151 Å². The Morgan fingerprint density at radius 2 is 1.88 bits per heavy atom. The summed E-state index contributed by atoms with van der Waals surface area (Å²) in [5.41, 5.74) is 3.21. The van der Waals surface area contributed by atoms with Gasteiger partial charge in [-0.3, -0.25) is 14.9 Å². The van der Waals surface area contributed by atoms with Gasteiger partial charge in [-0.15, -0.1) is 0 Å². The molecule has 6 atom stereocenters. The summed E-state index contributed by atoms with van der Waals surface area (Å²) in [6.45, 7) is 4.11. The molecule has 4 N–H and O–H groups in total. The molecule has 2 saturated carbocycles. The second-order valence-electron chi connectivity index (χ2n) is 8.49. The Morgan fingerprint density at radius 3 is 2.64 bits per heavy atom. The third-order valence-electron chi connectivity index (χ3n) is 7.03. The zero-order chi connectivity index (χ0) is 17.2. The van der Waals surface area contributed by atoms with E-state index in [1.165, 1.54) is 32.1 Å². The van der Waals surface area contributed by atoms with E-state index in [0.29, 0.717) is 30.0 Å². The first-order valence-electron chi connectivity index (χ1n) is 10.4. The molecule has 5 unspecified atom stereocenters. The molecule has 0 bridgehead atoms. The van der Waals surface area contributed by atoms with Crippen LogP contribution in [0.4, 0.5) is 0 Å². The highest BCUT2D eigenvalue weighted by Gasteiger charge is 2.44. The smallest absolute Gasteiger partial charge is 0.223 e. The first-order valence-corrected chi connectivity index (χ1v) is 10.4. The molecule has 0 aromatic rings. The average molecular weight is 351 g/mol. The zero-order valence-corrected chi connectivity index (χ0v) is 15.4. The van der Waals surface area contributed by atoms with Gasteiger partial charge in [0.25, 0.3) is 0 Å². The Hall–Kier alpha value is -0.690. The van der Waals surface area contributed by atoms with Gasteiger partial charge in [0.15, 0.2) is 0 Å². The summed E-state index contributed by atoms with van der Waals surface area (Å²) in [7, 11) is 0. The highest BCUT2D eigenvalue weighted by atomic mass is 16.7. The maximum absolute atomic E-state index is 12.6. The van der Waals surface area contributed by atoms with Crippen molar-refractivity contribution in [2.75, 3.05) is 13.1 Å². The minimum Gasteiger partial charge on any atom is -0.353 e. The lowest BCUT2D eigenvalue weighted by molar-refractivity contribution is -0.126. The van der Waals surface area contributed by atoms with Crippen LogP contribution in [0.2, 0.25) is 0 Å². The summed E-state index contributed by atoms with van der Waals surface area (Å²) >= 11 is 0. The molecule has 2 aliphatic heterocycles. The summed E-state index contributed by atoms with van der Waals surface area (Å²) < 4.78 is 0. The van der Waals surface area contributed by atoms with E-state index < -0.39 is 0 Å². The van der Waals surface area contributed by atoms with Crippen LogP contribution in [0.15, 0.2) is 0 Å². The van der Waals surface area contributed by atoms with Crippen molar-refractivity contribution in [3.8, 4) is 0 Å². The number of amides is 1. The molecular weight excluding hydrogens is 316 g/mol. The third kappa shape index (κ3) is 3.87. The number of rotatable bonds is 4. The largest absolute Gasteiger partial charge is 0.353 e. The molecule has 6 heteroatoms. The van der Waals surface area contributed by atoms with E-state index in [-0.39, 0.29) is 12.1 Å². The topological polar surface area (TPSA) is 74.4 Å². The van der Waals surface area contributed by atoms with Gasteiger partial charge in [-0.05, 0) is 82.2 Å². The summed E-state index contributed by atoms with van der Waals surface area (Å²) in [6, 6.07) is 0.414. The summed E-state index contributed by atoms with van der Waals surface area (Å²) in [5.74, 6) is 2.64. The van der Waals surface area contributed by atoms with Gasteiger partial charge >= 0.3 is 0 Å². The quantitative estimate of drug-likeness (QED) is 0.618. The van der Waals surface area contributed by atoms with Crippen LogP contribution in [0.3, 0.4) is 0 Å². The van der Waals surface area contributed by atoms with Gasteiger partial charge in [0.05, 0.1) is 6.17 Å². The number of hydroxylamine groups is 1. The van der Waals surface area contributed by atoms with E-state index in [1.54, 1.807) is 0 Å². The average Bonchev–Trinajstić information content (AvgIpc) is 3.29. The molecule has 0 spiro atoms. The normalized spacial score (nSPS) is 42.3. The number of hydrogen-bond acceptors (Lipinski definition) is 5. The van der Waals surface area contributed by atoms with E-state index in [1.807, 2.05) is 0 Å². The fourth-order valence-corrected chi connectivity index (χ4v) is 5.52. The Kier molecular flexibility index (Phi) is 5.60. The van der Waals surface area contributed by atoms with Gasteiger partial charge in [-0.1, -0.05) is 6.92 Å². The van der Waals surface area contributed by atoms with Crippen LogP contribution in [0.1, 0.15) is 58.3 Å². The van der Waals surface area contributed by atoms with E-state index >= 15 is 0 Å². The second kappa shape index (κ2) is 7.91. The lowest BCUT2D eigenvalue weighted by atomic mass is 9.73. The molecule has 4 rings (SSSR count). The van der Waals surface area contributed by atoms with E-state index in [9.17, 15) is 4.79 Å². The molecule has 4 fully saturated rings. The summed E-state index contributed by atoms with van der Waals surface area (Å²) in [6.07, 6.45) is 9.59. The van der Waals surface area contributed by atoms with Crippen LogP contribution < -0.4 is 21.4 Å². The van der Waals surface area contributed by atoms with E-state index in [0.717, 1.165) is 38.3 Å². The highest BCUT2D eigenvalue weighted by Crippen LogP contribution is 2.45. The molecule has 4 aliphatic rings. The Bertz CT molecular complexity index is 468. The SMILES string of the molecule is CCC1NC(C2CCC3C(CC[C@H]3NC(=O)C3CCNCC3)C2)NO1. The van der Waals surface area contributed by atoms with E-state index in [2.05, 4.69) is 28.4 Å². The lowest BCUT2D eigenvalue weighted by Gasteiger charge is -2.37. The van der Waals surface area contributed by atoms with Crippen LogP contribution in [0, 0.1) is 23.7 Å². The lowest BCUT2D eigenvalue weighted by Crippen LogP contribution is -2.47. The first-order chi connectivity index (χ1) is 12.2.